The third kappa shape index (κ3) is 8.19. The Morgan fingerprint density at radius 1 is 1.12 bits per heavy atom. The Labute approximate surface area is 158 Å². The lowest BCUT2D eigenvalue weighted by Crippen LogP contribution is -2.42. The Bertz CT molecular complexity index is 642. The van der Waals surface area contributed by atoms with Gasteiger partial charge in [0.2, 0.25) is 10.0 Å². The van der Waals surface area contributed by atoms with Gasteiger partial charge in [-0.1, -0.05) is 44.7 Å². The van der Waals surface area contributed by atoms with Crippen molar-refractivity contribution in [3.05, 3.63) is 29.8 Å². The van der Waals surface area contributed by atoms with Crippen LogP contribution in [0.1, 0.15) is 58.4 Å². The number of rotatable bonds is 11. The second-order valence-electron chi connectivity index (χ2n) is 6.44. The molecule has 0 saturated heterocycles. The maximum absolute atomic E-state index is 11.8. The van der Waals surface area contributed by atoms with Gasteiger partial charge in [-0.05, 0) is 45.0 Å². The van der Waals surface area contributed by atoms with Crippen LogP contribution in [0.5, 0.6) is 0 Å². The zero-order chi connectivity index (χ0) is 19.4. The summed E-state index contributed by atoms with van der Waals surface area (Å²) in [5.41, 5.74) is 0.966. The van der Waals surface area contributed by atoms with E-state index in [0.29, 0.717) is 12.6 Å². The van der Waals surface area contributed by atoms with Gasteiger partial charge in [0.05, 0.1) is 11.4 Å². The fraction of sp³-hybridized carbons (Fsp3) is 0.632. The summed E-state index contributed by atoms with van der Waals surface area (Å²) in [5.74, 6) is 0.794. The van der Waals surface area contributed by atoms with Crippen LogP contribution in [0.2, 0.25) is 0 Å². The third-order valence-electron chi connectivity index (χ3n) is 4.14. The van der Waals surface area contributed by atoms with Crippen molar-refractivity contribution in [3.8, 4) is 0 Å². The van der Waals surface area contributed by atoms with Crippen LogP contribution in [-0.4, -0.2) is 34.0 Å². The molecule has 0 aliphatic rings. The summed E-state index contributed by atoms with van der Waals surface area (Å²) in [6, 6.07) is 7.17. The first-order chi connectivity index (χ1) is 12.4. The van der Waals surface area contributed by atoms with Crippen molar-refractivity contribution in [1.29, 1.82) is 0 Å². The van der Waals surface area contributed by atoms with Crippen molar-refractivity contribution in [2.24, 2.45) is 4.99 Å². The van der Waals surface area contributed by atoms with Crippen molar-refractivity contribution in [3.63, 3.8) is 0 Å². The number of aliphatic imine (C=N–C) groups is 1. The molecule has 0 aromatic heterocycles. The Hall–Kier alpha value is -1.60. The lowest BCUT2D eigenvalue weighted by molar-refractivity contribution is 0.537. The van der Waals surface area contributed by atoms with Gasteiger partial charge in [-0.15, -0.1) is 0 Å². The number of guanidine groups is 1. The van der Waals surface area contributed by atoms with E-state index < -0.39 is 10.0 Å². The SMILES string of the molecule is CCCCCCC(C)NC(=NCc1ccc(S(=O)(=O)NC)cc1)NCC. The van der Waals surface area contributed by atoms with E-state index in [-0.39, 0.29) is 4.90 Å². The van der Waals surface area contributed by atoms with Gasteiger partial charge in [-0.3, -0.25) is 0 Å². The second-order valence-corrected chi connectivity index (χ2v) is 8.33. The zero-order valence-electron chi connectivity index (χ0n) is 16.5. The summed E-state index contributed by atoms with van der Waals surface area (Å²) in [5, 5.41) is 6.71. The predicted octanol–water partition coefficient (Wildman–Crippen LogP) is 3.01. The number of benzene rings is 1. The van der Waals surface area contributed by atoms with Crippen molar-refractivity contribution in [2.45, 2.75) is 70.4 Å². The molecule has 0 aliphatic carbocycles. The van der Waals surface area contributed by atoms with Crippen LogP contribution in [0, 0.1) is 0 Å². The molecular formula is C19H34N4O2S. The van der Waals surface area contributed by atoms with E-state index in [1.807, 2.05) is 6.92 Å². The molecule has 26 heavy (non-hydrogen) atoms. The summed E-state index contributed by atoms with van der Waals surface area (Å²) in [7, 11) is -1.99. The van der Waals surface area contributed by atoms with Gasteiger partial charge >= 0.3 is 0 Å². The lowest BCUT2D eigenvalue weighted by Gasteiger charge is -2.17. The molecule has 1 aromatic carbocycles. The van der Waals surface area contributed by atoms with Crippen molar-refractivity contribution >= 4 is 16.0 Å². The van der Waals surface area contributed by atoms with Gasteiger partial charge < -0.3 is 10.6 Å². The van der Waals surface area contributed by atoms with Crippen LogP contribution < -0.4 is 15.4 Å². The van der Waals surface area contributed by atoms with E-state index in [4.69, 9.17) is 0 Å². The van der Waals surface area contributed by atoms with Crippen LogP contribution in [0.4, 0.5) is 0 Å². The van der Waals surface area contributed by atoms with Crippen molar-refractivity contribution < 1.29 is 8.42 Å². The van der Waals surface area contributed by atoms with Gasteiger partial charge in [0.25, 0.3) is 0 Å². The summed E-state index contributed by atoms with van der Waals surface area (Å²) in [6.45, 7) is 7.74. The van der Waals surface area contributed by atoms with Crippen molar-refractivity contribution in [1.82, 2.24) is 15.4 Å². The number of nitrogens with zero attached hydrogens (tertiary/aromatic N) is 1. The maximum atomic E-state index is 11.8. The van der Waals surface area contributed by atoms with E-state index in [1.54, 1.807) is 24.3 Å². The molecule has 1 atom stereocenters. The summed E-state index contributed by atoms with van der Waals surface area (Å²) >= 11 is 0. The molecule has 3 N–H and O–H groups in total. The third-order valence-corrected chi connectivity index (χ3v) is 5.57. The Morgan fingerprint density at radius 3 is 2.38 bits per heavy atom. The van der Waals surface area contributed by atoms with E-state index in [1.165, 1.54) is 32.7 Å². The molecule has 7 heteroatoms. The average molecular weight is 383 g/mol. The quantitative estimate of drug-likeness (QED) is 0.312. The molecule has 1 aromatic rings. The fourth-order valence-electron chi connectivity index (χ4n) is 2.57. The molecule has 0 radical (unpaired) electrons. The standard InChI is InChI=1S/C19H34N4O2S/c1-5-7-8-9-10-16(3)23-19(21-6-2)22-15-17-11-13-18(14-12-17)26(24,25)20-4/h11-14,16,20H,5-10,15H2,1-4H3,(H2,21,22,23). The molecule has 0 bridgehead atoms. The summed E-state index contributed by atoms with van der Waals surface area (Å²) in [6.07, 6.45) is 6.17. The molecular weight excluding hydrogens is 348 g/mol. The molecule has 1 rings (SSSR count). The Kier molecular flexibility index (Phi) is 10.3. The minimum absolute atomic E-state index is 0.262. The molecule has 0 fully saturated rings. The fourth-order valence-corrected chi connectivity index (χ4v) is 3.30. The smallest absolute Gasteiger partial charge is 0.240 e. The molecule has 0 aliphatic heterocycles. The second kappa shape index (κ2) is 11.9. The first-order valence-corrected chi connectivity index (χ1v) is 11.0. The molecule has 6 nitrogen and oxygen atoms in total. The number of hydrogen-bond donors (Lipinski definition) is 3. The monoisotopic (exact) mass is 382 g/mol. The van der Waals surface area contributed by atoms with E-state index in [0.717, 1.165) is 24.5 Å². The van der Waals surface area contributed by atoms with Crippen LogP contribution >= 0.6 is 0 Å². The molecule has 0 amide bonds. The van der Waals surface area contributed by atoms with E-state index in [9.17, 15) is 8.42 Å². The molecule has 0 heterocycles. The zero-order valence-corrected chi connectivity index (χ0v) is 17.3. The van der Waals surface area contributed by atoms with E-state index >= 15 is 0 Å². The Balaban J connectivity index is 2.62. The highest BCUT2D eigenvalue weighted by atomic mass is 32.2. The topological polar surface area (TPSA) is 82.6 Å². The average Bonchev–Trinajstić information content (AvgIpc) is 2.64. The summed E-state index contributed by atoms with van der Waals surface area (Å²) in [4.78, 5) is 4.87. The lowest BCUT2D eigenvalue weighted by atomic mass is 10.1. The van der Waals surface area contributed by atoms with Gasteiger partial charge in [0, 0.05) is 12.6 Å². The summed E-state index contributed by atoms with van der Waals surface area (Å²) < 4.78 is 25.8. The van der Waals surface area contributed by atoms with Crippen LogP contribution in [0.25, 0.3) is 0 Å². The van der Waals surface area contributed by atoms with Gasteiger partial charge in [0.15, 0.2) is 5.96 Å². The highest BCUT2D eigenvalue weighted by Gasteiger charge is 2.10. The highest BCUT2D eigenvalue weighted by Crippen LogP contribution is 2.11. The molecule has 0 saturated carbocycles. The normalized spacial score (nSPS) is 13.5. The van der Waals surface area contributed by atoms with Gasteiger partial charge in [-0.2, -0.15) is 0 Å². The number of nitrogens with one attached hydrogen (secondary N) is 3. The van der Waals surface area contributed by atoms with Crippen LogP contribution in [0.3, 0.4) is 0 Å². The van der Waals surface area contributed by atoms with Crippen LogP contribution in [-0.2, 0) is 16.6 Å². The number of hydrogen-bond acceptors (Lipinski definition) is 3. The first kappa shape index (κ1) is 22.4. The maximum Gasteiger partial charge on any atom is 0.240 e. The number of unbranched alkanes of at least 4 members (excludes halogenated alkanes) is 3. The van der Waals surface area contributed by atoms with Gasteiger partial charge in [0.1, 0.15) is 0 Å². The minimum atomic E-state index is -3.39. The predicted molar refractivity (Wildman–Crippen MR) is 109 cm³/mol. The minimum Gasteiger partial charge on any atom is -0.357 e. The number of sulfonamides is 1. The highest BCUT2D eigenvalue weighted by molar-refractivity contribution is 7.89. The van der Waals surface area contributed by atoms with Crippen LogP contribution in [0.15, 0.2) is 34.2 Å². The van der Waals surface area contributed by atoms with E-state index in [2.05, 4.69) is 34.2 Å². The van der Waals surface area contributed by atoms with Crippen molar-refractivity contribution in [2.75, 3.05) is 13.6 Å². The molecule has 148 valence electrons. The molecule has 1 unspecified atom stereocenters. The van der Waals surface area contributed by atoms with Gasteiger partial charge in [-0.25, -0.2) is 18.1 Å². The molecule has 0 spiro atoms. The Morgan fingerprint density at radius 2 is 1.81 bits per heavy atom. The largest absolute Gasteiger partial charge is 0.357 e. The first-order valence-electron chi connectivity index (χ1n) is 9.50.